The average molecular weight is 1280 g/mol. The van der Waals surface area contributed by atoms with E-state index in [4.69, 9.17) is 4.84 Å². The van der Waals surface area contributed by atoms with Crippen molar-refractivity contribution in [3.05, 3.63) is 310 Å². The number of azo groups is 2. The third-order valence-corrected chi connectivity index (χ3v) is 18.3. The molecule has 98 heavy (non-hydrogen) atoms. The molecule has 1 amide bonds. The number of hydrogen-bond acceptors (Lipinski definition) is 11. The molecular formula is C85H73N9O4. The van der Waals surface area contributed by atoms with Gasteiger partial charge in [-0.25, -0.2) is 0 Å². The number of phenols is 2. The zero-order chi connectivity index (χ0) is 67.2. The maximum Gasteiger partial charge on any atom is 0.259 e. The van der Waals surface area contributed by atoms with E-state index in [1.165, 1.54) is 33.4 Å². The first-order chi connectivity index (χ1) is 47.9. The van der Waals surface area contributed by atoms with Gasteiger partial charge in [-0.05, 0) is 205 Å². The van der Waals surface area contributed by atoms with Gasteiger partial charge < -0.3 is 30.7 Å². The number of carbonyl (C=O) groups excluding carboxylic acids is 1. The largest absolute Gasteiger partial charge is 0.505 e. The first-order valence-electron chi connectivity index (χ1n) is 33.1. The summed E-state index contributed by atoms with van der Waals surface area (Å²) in [6.45, 7) is 8.49. The molecule has 0 saturated carbocycles. The number of aromatic amines is 1. The van der Waals surface area contributed by atoms with Gasteiger partial charge in [0.2, 0.25) is 0 Å². The monoisotopic (exact) mass is 1280 g/mol. The van der Waals surface area contributed by atoms with Crippen molar-refractivity contribution in [2.75, 3.05) is 28.1 Å². The summed E-state index contributed by atoms with van der Waals surface area (Å²) < 4.78 is 0. The van der Waals surface area contributed by atoms with Crippen molar-refractivity contribution in [2.24, 2.45) is 20.5 Å². The summed E-state index contributed by atoms with van der Waals surface area (Å²) in [5, 5.41) is 53.0. The molecule has 1 heterocycles. The van der Waals surface area contributed by atoms with Crippen LogP contribution in [0, 0.1) is 20.8 Å². The van der Waals surface area contributed by atoms with Crippen LogP contribution in [0.5, 0.6) is 11.5 Å². The van der Waals surface area contributed by atoms with Crippen LogP contribution in [-0.4, -0.2) is 28.2 Å². The standard InChI is InChI=1S/C52H43N5O2.C33H30N4O2/c1-33-8-21-40(22-9-33)55-56-50-48-38(20-31-45-44-6-4-5-7-47(44)54-49(45)48)32-46(51(50)58)52(59)53-39-23-16-36(17-24-39)14-15-37-18-29-43(30-19-37)57(41-25-10-34(2)11-26-41)42-27-12-35(3)13-28-42;1-3-21-8-5-7-11-30(21)37-39-20-24-18-23-12-17-28-27-10-6-4-9-22(27)19-29(28)31(23)32(33(24)38)36-35-26-15-13-25(34-2)14-16-26/h4-13,16-32,54,58H,14-15H2,1-3H3,(H,53,59);4-18,34,37-38H,3,19-20H2,1-2H3. The SMILES string of the molecule is CCc1ccccc1NOCc1cc2ccc3c(c2c(N=Nc2ccc(NC)cc2)c1O)Cc1ccccc1-3.Cc1ccc(N=Nc2c(O)c(C(=O)Nc3ccc(CCc4ccc(N(c5ccc(C)cc5)c5ccc(C)cc5)cc4)cc3)cc3ccc4c5ccccc5[nH]c4c23)cc1. The van der Waals surface area contributed by atoms with E-state index in [2.05, 4.69) is 189 Å². The Hall–Kier alpha value is -12.2. The van der Waals surface area contributed by atoms with Crippen LogP contribution >= 0.6 is 0 Å². The van der Waals surface area contributed by atoms with E-state index in [-0.39, 0.29) is 29.4 Å². The van der Waals surface area contributed by atoms with Crippen LogP contribution in [0.2, 0.25) is 0 Å². The molecule has 15 rings (SSSR count). The average Bonchev–Trinajstić information content (AvgIpc) is 1.57. The van der Waals surface area contributed by atoms with Gasteiger partial charge in [-0.3, -0.25) is 15.1 Å². The number of rotatable bonds is 18. The zero-order valence-electron chi connectivity index (χ0n) is 55.2. The Balaban J connectivity index is 0.000000182. The molecule has 1 aliphatic rings. The van der Waals surface area contributed by atoms with Crippen LogP contribution in [0.4, 0.5) is 56.9 Å². The molecule has 0 aliphatic heterocycles. The minimum Gasteiger partial charge on any atom is -0.505 e. The number of hydrogen-bond donors (Lipinski definition) is 6. The molecule has 13 nitrogen and oxygen atoms in total. The number of benzene rings is 13. The van der Waals surface area contributed by atoms with Gasteiger partial charge in [0.25, 0.3) is 5.91 Å². The maximum absolute atomic E-state index is 13.9. The Labute approximate surface area is 569 Å². The lowest BCUT2D eigenvalue weighted by molar-refractivity contribution is 0.102. The Morgan fingerprint density at radius 1 is 0.520 bits per heavy atom. The van der Waals surface area contributed by atoms with Crippen molar-refractivity contribution in [2.45, 2.75) is 60.0 Å². The van der Waals surface area contributed by atoms with Crippen molar-refractivity contribution in [1.82, 2.24) is 4.98 Å². The second-order valence-corrected chi connectivity index (χ2v) is 24.9. The van der Waals surface area contributed by atoms with Crippen LogP contribution in [0.3, 0.4) is 0 Å². The summed E-state index contributed by atoms with van der Waals surface area (Å²) in [5.41, 5.74) is 25.5. The molecule has 0 fully saturated rings. The number of H-pyrrole nitrogens is 1. The quantitative estimate of drug-likeness (QED) is 0.0367. The predicted molar refractivity (Wildman–Crippen MR) is 401 cm³/mol. The number of fused-ring (bicyclic) bond motifs is 10. The summed E-state index contributed by atoms with van der Waals surface area (Å²) >= 11 is 0. The highest BCUT2D eigenvalue weighted by Crippen LogP contribution is 2.49. The molecule has 0 unspecified atom stereocenters. The Kier molecular flexibility index (Phi) is 18.1. The number of carbonyl (C=O) groups is 1. The molecule has 1 aromatic heterocycles. The molecule has 6 N–H and O–H groups in total. The van der Waals surface area contributed by atoms with E-state index >= 15 is 0 Å². The lowest BCUT2D eigenvalue weighted by Crippen LogP contribution is -2.12. The van der Waals surface area contributed by atoms with Crippen molar-refractivity contribution < 1.29 is 19.8 Å². The number of aromatic hydroxyl groups is 2. The minimum atomic E-state index is -0.439. The Bertz CT molecular complexity index is 5270. The topological polar surface area (TPSA) is 171 Å². The molecule has 0 saturated heterocycles. The van der Waals surface area contributed by atoms with Crippen molar-refractivity contribution >= 4 is 106 Å². The second-order valence-electron chi connectivity index (χ2n) is 24.9. The van der Waals surface area contributed by atoms with E-state index < -0.39 is 5.91 Å². The molecule has 13 aromatic carbocycles. The fraction of sp³-hybridized carbons (Fsp3) is 0.118. The molecule has 0 spiro atoms. The summed E-state index contributed by atoms with van der Waals surface area (Å²) in [6.07, 6.45) is 3.39. The van der Waals surface area contributed by atoms with Crippen molar-refractivity contribution in [1.29, 1.82) is 0 Å². The van der Waals surface area contributed by atoms with Crippen LogP contribution in [0.1, 0.15) is 67.4 Å². The van der Waals surface area contributed by atoms with E-state index in [9.17, 15) is 15.0 Å². The minimum absolute atomic E-state index is 0.0769. The molecule has 1 aliphatic carbocycles. The molecule has 13 heteroatoms. The van der Waals surface area contributed by atoms with Crippen molar-refractivity contribution in [3.63, 3.8) is 0 Å². The maximum atomic E-state index is 13.9. The lowest BCUT2D eigenvalue weighted by atomic mass is 9.95. The van der Waals surface area contributed by atoms with Gasteiger partial charge in [0.05, 0.1) is 28.1 Å². The second kappa shape index (κ2) is 28.0. The summed E-state index contributed by atoms with van der Waals surface area (Å²) in [7, 11) is 1.88. The molecular weight excluding hydrogens is 1210 g/mol. The summed E-state index contributed by atoms with van der Waals surface area (Å²) in [4.78, 5) is 25.5. The number of anilines is 6. The van der Waals surface area contributed by atoms with Gasteiger partial charge in [0.1, 0.15) is 23.7 Å². The molecule has 14 aromatic rings. The van der Waals surface area contributed by atoms with Gasteiger partial charge in [-0.2, -0.15) is 10.2 Å². The molecule has 0 bridgehead atoms. The van der Waals surface area contributed by atoms with Crippen LogP contribution < -0.4 is 21.0 Å². The smallest absolute Gasteiger partial charge is 0.259 e. The number of phenolic OH excluding ortho intramolecular Hbond substituents is 2. The molecule has 0 atom stereocenters. The van der Waals surface area contributed by atoms with E-state index in [0.29, 0.717) is 33.7 Å². The number of nitrogens with zero attached hydrogens (tertiary/aromatic N) is 5. The molecule has 0 radical (unpaired) electrons. The number of amides is 1. The van der Waals surface area contributed by atoms with Crippen molar-refractivity contribution in [3.8, 4) is 22.6 Å². The van der Waals surface area contributed by atoms with Gasteiger partial charge >= 0.3 is 0 Å². The van der Waals surface area contributed by atoms with Crippen LogP contribution in [-0.2, 0) is 37.1 Å². The van der Waals surface area contributed by atoms with Crippen LogP contribution in [0.25, 0.3) is 54.5 Å². The Morgan fingerprint density at radius 3 is 1.73 bits per heavy atom. The Morgan fingerprint density at radius 2 is 1.07 bits per heavy atom. The number of aryl methyl sites for hydroxylation is 6. The predicted octanol–water partition coefficient (Wildman–Crippen LogP) is 22.7. The number of aromatic nitrogens is 1. The van der Waals surface area contributed by atoms with E-state index in [1.807, 2.05) is 141 Å². The molecule has 482 valence electrons. The first-order valence-corrected chi connectivity index (χ1v) is 33.1. The third-order valence-electron chi connectivity index (χ3n) is 18.3. The lowest BCUT2D eigenvalue weighted by Gasteiger charge is -2.26. The fourth-order valence-corrected chi connectivity index (χ4v) is 12.9. The highest BCUT2D eigenvalue weighted by molar-refractivity contribution is 6.22. The van der Waals surface area contributed by atoms with Gasteiger partial charge in [-0.15, -0.1) is 10.2 Å². The summed E-state index contributed by atoms with van der Waals surface area (Å²) in [5.74, 6) is -0.598. The number of nitrogens with one attached hydrogen (secondary N) is 4. The van der Waals surface area contributed by atoms with Gasteiger partial charge in [0, 0.05) is 68.1 Å². The van der Waals surface area contributed by atoms with E-state index in [0.717, 1.165) is 114 Å². The normalized spacial score (nSPS) is 11.7. The third kappa shape index (κ3) is 13.3. The van der Waals surface area contributed by atoms with Gasteiger partial charge in [0.15, 0.2) is 5.75 Å². The highest BCUT2D eigenvalue weighted by Gasteiger charge is 2.26. The highest BCUT2D eigenvalue weighted by atomic mass is 16.6. The fourth-order valence-electron chi connectivity index (χ4n) is 12.9. The van der Waals surface area contributed by atoms with E-state index in [1.54, 1.807) is 6.07 Å². The summed E-state index contributed by atoms with van der Waals surface area (Å²) in [6, 6.07) is 85.8. The van der Waals surface area contributed by atoms with Gasteiger partial charge in [-0.1, -0.05) is 169 Å². The first kappa shape index (κ1) is 63.2. The number of para-hydroxylation sites is 2. The van der Waals surface area contributed by atoms with Crippen LogP contribution in [0.15, 0.2) is 275 Å². The zero-order valence-corrected chi connectivity index (χ0v) is 55.2.